The molecule has 2 heteroatoms. The molecule has 0 aliphatic heterocycles. The molecular weight excluding hydrogens is 150 g/mol. The lowest BCUT2D eigenvalue weighted by atomic mass is 10.1. The Bertz CT molecular complexity index is 132. The Labute approximate surface area is 76.0 Å². The van der Waals surface area contributed by atoms with Crippen LogP contribution in [0.15, 0.2) is 11.6 Å². The molecule has 0 aromatic heterocycles. The summed E-state index contributed by atoms with van der Waals surface area (Å²) in [6.07, 6.45) is 3.41. The summed E-state index contributed by atoms with van der Waals surface area (Å²) in [6, 6.07) is 0. The van der Waals surface area contributed by atoms with Gasteiger partial charge in [-0.15, -0.1) is 0 Å². The van der Waals surface area contributed by atoms with Crippen molar-refractivity contribution >= 4 is 0 Å². The van der Waals surface area contributed by atoms with Crippen LogP contribution in [0.1, 0.15) is 20.3 Å². The number of methoxy groups -OCH3 is 1. The third-order valence-corrected chi connectivity index (χ3v) is 1.81. The van der Waals surface area contributed by atoms with E-state index in [0.29, 0.717) is 5.92 Å². The van der Waals surface area contributed by atoms with E-state index in [1.165, 1.54) is 5.57 Å². The van der Waals surface area contributed by atoms with Crippen LogP contribution in [0.25, 0.3) is 0 Å². The predicted octanol–water partition coefficient (Wildman–Crippen LogP) is 1.82. The summed E-state index contributed by atoms with van der Waals surface area (Å²) in [6.45, 7) is 6.16. The first-order valence-corrected chi connectivity index (χ1v) is 4.57. The van der Waals surface area contributed by atoms with Crippen molar-refractivity contribution in [3.05, 3.63) is 11.6 Å². The second kappa shape index (κ2) is 7.32. The van der Waals surface area contributed by atoms with E-state index in [2.05, 4.69) is 25.2 Å². The van der Waals surface area contributed by atoms with Gasteiger partial charge in [0.1, 0.15) is 0 Å². The molecule has 0 aliphatic rings. The standard InChI is InChI=1S/C10H21NO/c1-5-10(7-11-3)6-9(2)8-12-4/h6,9,11H,5,7-8H2,1-4H3. The van der Waals surface area contributed by atoms with Crippen molar-refractivity contribution in [3.8, 4) is 0 Å². The minimum atomic E-state index is 0.526. The zero-order valence-electron chi connectivity index (χ0n) is 8.68. The van der Waals surface area contributed by atoms with E-state index in [-0.39, 0.29) is 0 Å². The highest BCUT2D eigenvalue weighted by Crippen LogP contribution is 2.06. The Hall–Kier alpha value is -0.340. The first-order chi connectivity index (χ1) is 5.74. The fourth-order valence-electron chi connectivity index (χ4n) is 1.24. The highest BCUT2D eigenvalue weighted by atomic mass is 16.5. The summed E-state index contributed by atoms with van der Waals surface area (Å²) >= 11 is 0. The largest absolute Gasteiger partial charge is 0.384 e. The molecule has 0 heterocycles. The number of nitrogens with one attached hydrogen (secondary N) is 1. The Balaban J connectivity index is 3.88. The van der Waals surface area contributed by atoms with Crippen LogP contribution in [-0.4, -0.2) is 27.3 Å². The van der Waals surface area contributed by atoms with E-state index in [1.54, 1.807) is 7.11 Å². The van der Waals surface area contributed by atoms with Gasteiger partial charge in [-0.1, -0.05) is 25.5 Å². The topological polar surface area (TPSA) is 21.3 Å². The van der Waals surface area contributed by atoms with Gasteiger partial charge in [-0.05, 0) is 19.4 Å². The molecule has 0 saturated heterocycles. The molecule has 0 saturated carbocycles. The highest BCUT2D eigenvalue weighted by Gasteiger charge is 1.98. The van der Waals surface area contributed by atoms with E-state index in [0.717, 1.165) is 19.6 Å². The minimum Gasteiger partial charge on any atom is -0.384 e. The average Bonchev–Trinajstić information content (AvgIpc) is 2.04. The lowest BCUT2D eigenvalue weighted by molar-refractivity contribution is 0.175. The van der Waals surface area contributed by atoms with Crippen LogP contribution in [-0.2, 0) is 4.74 Å². The van der Waals surface area contributed by atoms with Crippen molar-refractivity contribution in [3.63, 3.8) is 0 Å². The predicted molar refractivity (Wildman–Crippen MR) is 53.3 cm³/mol. The van der Waals surface area contributed by atoms with Crippen LogP contribution in [0.4, 0.5) is 0 Å². The lowest BCUT2D eigenvalue weighted by Crippen LogP contribution is -2.12. The molecule has 0 amide bonds. The van der Waals surface area contributed by atoms with Gasteiger partial charge >= 0.3 is 0 Å². The maximum atomic E-state index is 5.06. The van der Waals surface area contributed by atoms with Crippen LogP contribution >= 0.6 is 0 Å². The maximum Gasteiger partial charge on any atom is 0.0522 e. The SMILES string of the molecule is CCC(=CC(C)COC)CNC. The van der Waals surface area contributed by atoms with E-state index in [4.69, 9.17) is 4.74 Å². The first-order valence-electron chi connectivity index (χ1n) is 4.57. The molecular formula is C10H21NO. The van der Waals surface area contributed by atoms with Crippen LogP contribution in [0, 0.1) is 5.92 Å². The van der Waals surface area contributed by atoms with Crippen LogP contribution in [0.2, 0.25) is 0 Å². The number of likely N-dealkylation sites (N-methyl/N-ethyl adjacent to an activating group) is 1. The molecule has 72 valence electrons. The number of hydrogen-bond acceptors (Lipinski definition) is 2. The van der Waals surface area contributed by atoms with Gasteiger partial charge in [0.05, 0.1) is 6.61 Å². The fraction of sp³-hybridized carbons (Fsp3) is 0.800. The van der Waals surface area contributed by atoms with Gasteiger partial charge in [0.2, 0.25) is 0 Å². The van der Waals surface area contributed by atoms with Crippen LogP contribution in [0.5, 0.6) is 0 Å². The molecule has 1 atom stereocenters. The number of rotatable bonds is 6. The molecule has 2 nitrogen and oxygen atoms in total. The van der Waals surface area contributed by atoms with Crippen molar-refractivity contribution in [2.75, 3.05) is 27.3 Å². The summed E-state index contributed by atoms with van der Waals surface area (Å²) in [4.78, 5) is 0. The molecule has 0 aromatic rings. The monoisotopic (exact) mass is 171 g/mol. The van der Waals surface area contributed by atoms with Crippen molar-refractivity contribution in [1.29, 1.82) is 0 Å². The van der Waals surface area contributed by atoms with E-state index < -0.39 is 0 Å². The van der Waals surface area contributed by atoms with Gasteiger partial charge in [0.15, 0.2) is 0 Å². The fourth-order valence-corrected chi connectivity index (χ4v) is 1.24. The molecule has 0 radical (unpaired) electrons. The zero-order valence-corrected chi connectivity index (χ0v) is 8.68. The second-order valence-electron chi connectivity index (χ2n) is 3.14. The number of ether oxygens (including phenoxy) is 1. The number of hydrogen-bond donors (Lipinski definition) is 1. The van der Waals surface area contributed by atoms with Gasteiger partial charge in [0.25, 0.3) is 0 Å². The van der Waals surface area contributed by atoms with E-state index >= 15 is 0 Å². The summed E-state index contributed by atoms with van der Waals surface area (Å²) in [5, 5.41) is 3.16. The quantitative estimate of drug-likeness (QED) is 0.616. The normalized spacial score (nSPS) is 14.8. The molecule has 0 aromatic carbocycles. The van der Waals surface area contributed by atoms with Gasteiger partial charge in [-0.3, -0.25) is 0 Å². The van der Waals surface area contributed by atoms with Gasteiger partial charge in [-0.25, -0.2) is 0 Å². The van der Waals surface area contributed by atoms with Crippen LogP contribution in [0.3, 0.4) is 0 Å². The Kier molecular flexibility index (Phi) is 7.11. The molecule has 0 bridgehead atoms. The van der Waals surface area contributed by atoms with Crippen molar-refractivity contribution in [2.45, 2.75) is 20.3 Å². The van der Waals surface area contributed by atoms with Crippen molar-refractivity contribution in [1.82, 2.24) is 5.32 Å². The molecule has 0 rings (SSSR count). The molecule has 0 aliphatic carbocycles. The molecule has 0 spiro atoms. The minimum absolute atomic E-state index is 0.526. The summed E-state index contributed by atoms with van der Waals surface area (Å²) in [5.41, 5.74) is 1.46. The Morgan fingerprint density at radius 2 is 2.25 bits per heavy atom. The first kappa shape index (κ1) is 11.7. The molecule has 1 N–H and O–H groups in total. The van der Waals surface area contributed by atoms with Gasteiger partial charge in [0, 0.05) is 13.7 Å². The second-order valence-corrected chi connectivity index (χ2v) is 3.14. The maximum absolute atomic E-state index is 5.06. The average molecular weight is 171 g/mol. The summed E-state index contributed by atoms with van der Waals surface area (Å²) in [5.74, 6) is 0.526. The Morgan fingerprint density at radius 3 is 2.67 bits per heavy atom. The molecule has 12 heavy (non-hydrogen) atoms. The van der Waals surface area contributed by atoms with Gasteiger partial charge in [-0.2, -0.15) is 0 Å². The van der Waals surface area contributed by atoms with Crippen molar-refractivity contribution < 1.29 is 4.74 Å². The van der Waals surface area contributed by atoms with Gasteiger partial charge < -0.3 is 10.1 Å². The third kappa shape index (κ3) is 5.33. The zero-order chi connectivity index (χ0) is 9.40. The Morgan fingerprint density at radius 1 is 1.58 bits per heavy atom. The van der Waals surface area contributed by atoms with E-state index in [1.807, 2.05) is 7.05 Å². The van der Waals surface area contributed by atoms with E-state index in [9.17, 15) is 0 Å². The smallest absolute Gasteiger partial charge is 0.0522 e. The molecule has 1 unspecified atom stereocenters. The third-order valence-electron chi connectivity index (χ3n) is 1.81. The van der Waals surface area contributed by atoms with Crippen molar-refractivity contribution in [2.24, 2.45) is 5.92 Å². The highest BCUT2D eigenvalue weighted by molar-refractivity contribution is 5.05. The summed E-state index contributed by atoms with van der Waals surface area (Å²) in [7, 11) is 3.72. The lowest BCUT2D eigenvalue weighted by Gasteiger charge is -2.08. The molecule has 0 fully saturated rings. The summed E-state index contributed by atoms with van der Waals surface area (Å²) < 4.78 is 5.06. The van der Waals surface area contributed by atoms with Crippen LogP contribution < -0.4 is 5.32 Å².